The molecule has 148 valence electrons. The summed E-state index contributed by atoms with van der Waals surface area (Å²) in [5.74, 6) is 0. The van der Waals surface area contributed by atoms with E-state index in [-0.39, 0.29) is 0 Å². The highest BCUT2D eigenvalue weighted by Crippen LogP contribution is 2.44. The third kappa shape index (κ3) is 2.81. The van der Waals surface area contributed by atoms with E-state index in [4.69, 9.17) is 0 Å². The van der Waals surface area contributed by atoms with Crippen molar-refractivity contribution in [3.63, 3.8) is 0 Å². The van der Waals surface area contributed by atoms with Crippen LogP contribution in [0, 0.1) is 27.7 Å². The van der Waals surface area contributed by atoms with Crippen LogP contribution in [0.25, 0.3) is 33.5 Å². The Hall–Kier alpha value is -3.19. The molecule has 0 bridgehead atoms. The molecule has 5 rings (SSSR count). The van der Waals surface area contributed by atoms with E-state index in [0.29, 0.717) is 0 Å². The van der Waals surface area contributed by atoms with Gasteiger partial charge in [-0.3, -0.25) is 0 Å². The SMILES string of the molecule is Cc1ccccc1-c1c[n+](C)c(-c2c(C)ccc3c2Cc2cccc(C)c2-3)cc1C. The van der Waals surface area contributed by atoms with Crippen LogP contribution in [0.3, 0.4) is 0 Å². The first-order valence-electron chi connectivity index (χ1n) is 10.7. The van der Waals surface area contributed by atoms with Gasteiger partial charge in [-0.25, -0.2) is 4.57 Å². The molecule has 0 saturated carbocycles. The Morgan fingerprint density at radius 2 is 1.37 bits per heavy atom. The van der Waals surface area contributed by atoms with Crippen LogP contribution in [0.5, 0.6) is 0 Å². The van der Waals surface area contributed by atoms with Crippen molar-refractivity contribution >= 4 is 0 Å². The average molecular weight is 391 g/mol. The number of rotatable bonds is 2. The Labute approximate surface area is 179 Å². The van der Waals surface area contributed by atoms with Gasteiger partial charge in [-0.1, -0.05) is 54.6 Å². The summed E-state index contributed by atoms with van der Waals surface area (Å²) in [4.78, 5) is 0. The average Bonchev–Trinajstić information content (AvgIpc) is 3.10. The van der Waals surface area contributed by atoms with Gasteiger partial charge in [-0.15, -0.1) is 0 Å². The first-order valence-corrected chi connectivity index (χ1v) is 10.7. The first-order chi connectivity index (χ1) is 14.5. The number of hydrogen-bond donors (Lipinski definition) is 0. The van der Waals surface area contributed by atoms with E-state index in [1.165, 1.54) is 66.9 Å². The molecule has 0 fully saturated rings. The smallest absolute Gasteiger partial charge is 0.200 e. The first kappa shape index (κ1) is 18.8. The normalized spacial score (nSPS) is 12.0. The second kappa shape index (κ2) is 6.95. The lowest BCUT2D eigenvalue weighted by Crippen LogP contribution is -2.32. The minimum absolute atomic E-state index is 1.02. The van der Waals surface area contributed by atoms with Crippen LogP contribution in [-0.2, 0) is 13.5 Å². The van der Waals surface area contributed by atoms with E-state index >= 15 is 0 Å². The van der Waals surface area contributed by atoms with E-state index in [2.05, 4.69) is 106 Å². The molecule has 0 saturated heterocycles. The molecule has 0 atom stereocenters. The molecule has 1 aliphatic rings. The van der Waals surface area contributed by atoms with Gasteiger partial charge in [0.05, 0.1) is 5.56 Å². The van der Waals surface area contributed by atoms with Crippen molar-refractivity contribution in [2.45, 2.75) is 34.1 Å². The minimum Gasteiger partial charge on any atom is -0.200 e. The number of aryl methyl sites for hydroxylation is 5. The zero-order valence-electron chi connectivity index (χ0n) is 18.5. The van der Waals surface area contributed by atoms with Crippen molar-refractivity contribution in [3.8, 4) is 33.5 Å². The van der Waals surface area contributed by atoms with Crippen LogP contribution in [0.1, 0.15) is 33.4 Å². The topological polar surface area (TPSA) is 3.88 Å². The molecule has 0 amide bonds. The van der Waals surface area contributed by atoms with Crippen molar-refractivity contribution in [2.24, 2.45) is 7.05 Å². The molecule has 0 radical (unpaired) electrons. The fourth-order valence-corrected chi connectivity index (χ4v) is 5.15. The maximum atomic E-state index is 2.38. The molecule has 30 heavy (non-hydrogen) atoms. The Bertz CT molecular complexity index is 1310. The molecule has 1 heteroatoms. The highest BCUT2D eigenvalue weighted by molar-refractivity contribution is 5.86. The summed E-state index contributed by atoms with van der Waals surface area (Å²) in [6.45, 7) is 8.91. The zero-order valence-corrected chi connectivity index (χ0v) is 18.5. The lowest BCUT2D eigenvalue weighted by atomic mass is 9.91. The predicted molar refractivity (Wildman–Crippen MR) is 126 cm³/mol. The lowest BCUT2D eigenvalue weighted by molar-refractivity contribution is -0.660. The standard InChI is InChI=1S/C29H28N/c1-18-9-6-7-12-23(18)26-17-30(5)27(15-21(26)4)29-20(3)13-14-24-25(29)16-22-11-8-10-19(2)28(22)24/h6-15,17H,16H2,1-5H3/q+1. The van der Waals surface area contributed by atoms with Crippen molar-refractivity contribution in [1.82, 2.24) is 0 Å². The number of fused-ring (bicyclic) bond motifs is 3. The molecule has 0 unspecified atom stereocenters. The van der Waals surface area contributed by atoms with Crippen LogP contribution in [0.4, 0.5) is 0 Å². The van der Waals surface area contributed by atoms with Gasteiger partial charge in [0.15, 0.2) is 6.20 Å². The number of pyridine rings is 1. The van der Waals surface area contributed by atoms with E-state index in [1.54, 1.807) is 0 Å². The maximum absolute atomic E-state index is 2.38. The monoisotopic (exact) mass is 390 g/mol. The molecule has 1 aliphatic carbocycles. The molecular formula is C29H28N+. The molecule has 0 aliphatic heterocycles. The summed E-state index contributed by atoms with van der Waals surface area (Å²) >= 11 is 0. The lowest BCUT2D eigenvalue weighted by Gasteiger charge is -2.14. The molecular weight excluding hydrogens is 362 g/mol. The second-order valence-corrected chi connectivity index (χ2v) is 8.75. The summed E-state index contributed by atoms with van der Waals surface area (Å²) in [6.07, 6.45) is 3.32. The number of nitrogens with zero attached hydrogens (tertiary/aromatic N) is 1. The van der Waals surface area contributed by atoms with Crippen LogP contribution < -0.4 is 4.57 Å². The molecule has 0 spiro atoms. The molecule has 3 aromatic carbocycles. The fourth-order valence-electron chi connectivity index (χ4n) is 5.15. The Morgan fingerprint density at radius 1 is 0.633 bits per heavy atom. The summed E-state index contributed by atoms with van der Waals surface area (Å²) in [7, 11) is 2.18. The summed E-state index contributed by atoms with van der Waals surface area (Å²) in [6, 6.07) is 22.3. The summed E-state index contributed by atoms with van der Waals surface area (Å²) in [5.41, 5.74) is 16.4. The van der Waals surface area contributed by atoms with Crippen molar-refractivity contribution < 1.29 is 4.57 Å². The Morgan fingerprint density at radius 3 is 2.17 bits per heavy atom. The summed E-state index contributed by atoms with van der Waals surface area (Å²) < 4.78 is 2.31. The van der Waals surface area contributed by atoms with Crippen molar-refractivity contribution in [3.05, 3.63) is 100 Å². The quantitative estimate of drug-likeness (QED) is 0.297. The molecule has 1 aromatic heterocycles. The molecule has 4 aromatic rings. The van der Waals surface area contributed by atoms with Crippen molar-refractivity contribution in [2.75, 3.05) is 0 Å². The number of benzene rings is 3. The van der Waals surface area contributed by atoms with Crippen molar-refractivity contribution in [1.29, 1.82) is 0 Å². The maximum Gasteiger partial charge on any atom is 0.213 e. The van der Waals surface area contributed by atoms with Gasteiger partial charge in [0.1, 0.15) is 7.05 Å². The number of aromatic nitrogens is 1. The van der Waals surface area contributed by atoms with E-state index in [1.807, 2.05) is 0 Å². The highest BCUT2D eigenvalue weighted by Gasteiger charge is 2.27. The summed E-state index contributed by atoms with van der Waals surface area (Å²) in [5, 5.41) is 0. The van der Waals surface area contributed by atoms with Gasteiger partial charge >= 0.3 is 0 Å². The van der Waals surface area contributed by atoms with Crippen LogP contribution in [0.15, 0.2) is 66.9 Å². The van der Waals surface area contributed by atoms with Gasteiger partial charge in [0.2, 0.25) is 5.69 Å². The van der Waals surface area contributed by atoms with Crippen LogP contribution >= 0.6 is 0 Å². The van der Waals surface area contributed by atoms with E-state index < -0.39 is 0 Å². The Balaban J connectivity index is 1.72. The fraction of sp³-hybridized carbons (Fsp3) is 0.207. The van der Waals surface area contributed by atoms with E-state index in [0.717, 1.165) is 6.42 Å². The molecule has 1 heterocycles. The van der Waals surface area contributed by atoms with Gasteiger partial charge in [0.25, 0.3) is 0 Å². The van der Waals surface area contributed by atoms with E-state index in [9.17, 15) is 0 Å². The van der Waals surface area contributed by atoms with Crippen LogP contribution in [-0.4, -0.2) is 0 Å². The second-order valence-electron chi connectivity index (χ2n) is 8.75. The third-order valence-corrected chi connectivity index (χ3v) is 6.69. The van der Waals surface area contributed by atoms with Crippen LogP contribution in [0.2, 0.25) is 0 Å². The number of hydrogen-bond acceptors (Lipinski definition) is 0. The largest absolute Gasteiger partial charge is 0.213 e. The highest BCUT2D eigenvalue weighted by atomic mass is 14.9. The predicted octanol–water partition coefficient (Wildman–Crippen LogP) is 6.65. The molecule has 0 N–H and O–H groups in total. The zero-order chi connectivity index (χ0) is 21.0. The minimum atomic E-state index is 1.02. The third-order valence-electron chi connectivity index (χ3n) is 6.69. The van der Waals surface area contributed by atoms with Gasteiger partial charge < -0.3 is 0 Å². The Kier molecular flexibility index (Phi) is 4.36. The van der Waals surface area contributed by atoms with Gasteiger partial charge in [-0.2, -0.15) is 0 Å². The van der Waals surface area contributed by atoms with Gasteiger partial charge in [-0.05, 0) is 84.2 Å². The van der Waals surface area contributed by atoms with Gasteiger partial charge in [0, 0.05) is 11.6 Å². The molecule has 1 nitrogen and oxygen atoms in total.